The highest BCUT2D eigenvalue weighted by Gasteiger charge is 2.13. The van der Waals surface area contributed by atoms with E-state index in [9.17, 15) is 0 Å². The molecule has 0 aliphatic carbocycles. The largest absolute Gasteiger partial charge is 0.493 e. The Kier molecular flexibility index (Phi) is 8.31. The van der Waals surface area contributed by atoms with Crippen molar-refractivity contribution in [2.24, 2.45) is 4.99 Å². The summed E-state index contributed by atoms with van der Waals surface area (Å²) in [6.07, 6.45) is 1.93. The van der Waals surface area contributed by atoms with Crippen molar-refractivity contribution in [3.8, 4) is 17.2 Å². The molecular formula is C19H25IN6O3. The molecule has 0 atom stereocenters. The quantitative estimate of drug-likeness (QED) is 0.285. The number of pyridine rings is 1. The summed E-state index contributed by atoms with van der Waals surface area (Å²) in [6.45, 7) is 1.01. The molecule has 1 aromatic carbocycles. The predicted molar refractivity (Wildman–Crippen MR) is 122 cm³/mol. The van der Waals surface area contributed by atoms with Gasteiger partial charge in [0.25, 0.3) is 0 Å². The van der Waals surface area contributed by atoms with E-state index in [-0.39, 0.29) is 24.0 Å². The Balaban J connectivity index is 0.00000300. The van der Waals surface area contributed by atoms with Crippen molar-refractivity contribution in [1.29, 1.82) is 0 Å². The fourth-order valence-electron chi connectivity index (χ4n) is 2.82. The molecule has 156 valence electrons. The molecule has 2 N–H and O–H groups in total. The maximum atomic E-state index is 5.39. The molecule has 0 saturated heterocycles. The van der Waals surface area contributed by atoms with E-state index in [0.717, 1.165) is 17.0 Å². The van der Waals surface area contributed by atoms with Crippen molar-refractivity contribution >= 4 is 35.6 Å². The normalized spacial score (nSPS) is 11.0. The summed E-state index contributed by atoms with van der Waals surface area (Å²) in [6, 6.07) is 9.58. The average Bonchev–Trinajstić information content (AvgIpc) is 3.16. The molecule has 3 aromatic rings. The smallest absolute Gasteiger partial charge is 0.203 e. The van der Waals surface area contributed by atoms with Crippen LogP contribution in [0, 0.1) is 0 Å². The number of fused-ring (bicyclic) bond motifs is 1. The van der Waals surface area contributed by atoms with Gasteiger partial charge in [-0.05, 0) is 29.8 Å². The van der Waals surface area contributed by atoms with Crippen LogP contribution in [0.15, 0.2) is 41.5 Å². The van der Waals surface area contributed by atoms with Crippen molar-refractivity contribution in [3.63, 3.8) is 0 Å². The first-order valence-electron chi connectivity index (χ1n) is 8.72. The Labute approximate surface area is 186 Å². The summed E-state index contributed by atoms with van der Waals surface area (Å²) >= 11 is 0. The third kappa shape index (κ3) is 5.19. The topological polar surface area (TPSA) is 94.3 Å². The van der Waals surface area contributed by atoms with Crippen LogP contribution in [0.25, 0.3) is 5.65 Å². The maximum Gasteiger partial charge on any atom is 0.203 e. The first-order chi connectivity index (χ1) is 13.7. The summed E-state index contributed by atoms with van der Waals surface area (Å²) in [4.78, 5) is 4.25. The van der Waals surface area contributed by atoms with Crippen LogP contribution in [0.1, 0.15) is 11.4 Å². The van der Waals surface area contributed by atoms with Gasteiger partial charge in [0.05, 0.1) is 27.9 Å². The van der Waals surface area contributed by atoms with Crippen molar-refractivity contribution < 1.29 is 14.2 Å². The molecule has 0 unspecified atom stereocenters. The van der Waals surface area contributed by atoms with Crippen LogP contribution in [0.5, 0.6) is 17.2 Å². The number of ether oxygens (including phenoxy) is 3. The lowest BCUT2D eigenvalue weighted by molar-refractivity contribution is 0.323. The zero-order valence-corrected chi connectivity index (χ0v) is 19.1. The molecule has 29 heavy (non-hydrogen) atoms. The van der Waals surface area contributed by atoms with Crippen molar-refractivity contribution in [2.75, 3.05) is 28.4 Å². The van der Waals surface area contributed by atoms with Crippen LogP contribution in [-0.2, 0) is 13.1 Å². The Morgan fingerprint density at radius 3 is 2.31 bits per heavy atom. The number of methoxy groups -OCH3 is 3. The Bertz CT molecular complexity index is 950. The second-order valence-electron chi connectivity index (χ2n) is 5.86. The minimum Gasteiger partial charge on any atom is -0.493 e. The Morgan fingerprint density at radius 1 is 1.00 bits per heavy atom. The molecule has 2 aromatic heterocycles. The molecule has 9 nitrogen and oxygen atoms in total. The monoisotopic (exact) mass is 512 g/mol. The van der Waals surface area contributed by atoms with E-state index in [1.54, 1.807) is 28.4 Å². The van der Waals surface area contributed by atoms with Gasteiger partial charge in [-0.1, -0.05) is 6.07 Å². The van der Waals surface area contributed by atoms with E-state index in [2.05, 4.69) is 25.8 Å². The molecule has 3 rings (SSSR count). The molecule has 0 amide bonds. The number of benzene rings is 1. The highest BCUT2D eigenvalue weighted by molar-refractivity contribution is 14.0. The first-order valence-corrected chi connectivity index (χ1v) is 8.72. The van der Waals surface area contributed by atoms with Crippen molar-refractivity contribution in [2.45, 2.75) is 13.1 Å². The van der Waals surface area contributed by atoms with Gasteiger partial charge in [0.2, 0.25) is 5.75 Å². The summed E-state index contributed by atoms with van der Waals surface area (Å²) < 4.78 is 18.1. The molecule has 0 radical (unpaired) electrons. The third-order valence-corrected chi connectivity index (χ3v) is 4.21. The number of guanidine groups is 1. The molecule has 0 fully saturated rings. The predicted octanol–water partition coefficient (Wildman–Crippen LogP) is 2.24. The van der Waals surface area contributed by atoms with Gasteiger partial charge in [0.1, 0.15) is 0 Å². The van der Waals surface area contributed by atoms with Crippen molar-refractivity contribution in [3.05, 3.63) is 47.9 Å². The number of nitrogens with zero attached hydrogens (tertiary/aromatic N) is 4. The Morgan fingerprint density at radius 2 is 1.69 bits per heavy atom. The fraction of sp³-hybridized carbons (Fsp3) is 0.316. The van der Waals surface area contributed by atoms with Gasteiger partial charge in [-0.15, -0.1) is 34.2 Å². The second kappa shape index (κ2) is 10.7. The minimum atomic E-state index is 0. The standard InChI is InChI=1S/C19H24N6O3.HI/c1-20-19(22-12-17-24-23-16-7-5-6-8-25(16)17)21-11-13-9-14(26-2)18(28-4)15(10-13)27-3;/h5-10H,11-12H2,1-4H3,(H2,20,21,22);1H. The average molecular weight is 512 g/mol. The lowest BCUT2D eigenvalue weighted by Gasteiger charge is -2.15. The summed E-state index contributed by atoms with van der Waals surface area (Å²) in [7, 11) is 6.49. The molecule has 10 heteroatoms. The molecular weight excluding hydrogens is 487 g/mol. The minimum absolute atomic E-state index is 0. The van der Waals surface area contributed by atoms with Gasteiger partial charge in [-0.3, -0.25) is 9.39 Å². The maximum absolute atomic E-state index is 5.39. The SMILES string of the molecule is CN=C(NCc1cc(OC)c(OC)c(OC)c1)NCc1nnc2ccccn12.I. The lowest BCUT2D eigenvalue weighted by atomic mass is 10.2. The summed E-state index contributed by atoms with van der Waals surface area (Å²) in [5, 5.41) is 14.9. The van der Waals surface area contributed by atoms with E-state index >= 15 is 0 Å². The first kappa shape index (κ1) is 22.5. The van der Waals surface area contributed by atoms with E-state index in [1.807, 2.05) is 40.9 Å². The number of aliphatic imine (C=N–C) groups is 1. The van der Waals surface area contributed by atoms with Crippen LogP contribution in [0.2, 0.25) is 0 Å². The van der Waals surface area contributed by atoms with E-state index in [1.165, 1.54) is 0 Å². The highest BCUT2D eigenvalue weighted by Crippen LogP contribution is 2.38. The molecule has 0 spiro atoms. The number of rotatable bonds is 7. The molecule has 0 saturated carbocycles. The van der Waals surface area contributed by atoms with Gasteiger partial charge in [0, 0.05) is 19.8 Å². The molecule has 0 aliphatic heterocycles. The number of aromatic nitrogens is 3. The van der Waals surface area contributed by atoms with Gasteiger partial charge >= 0.3 is 0 Å². The number of hydrogen-bond donors (Lipinski definition) is 2. The Hall–Kier alpha value is -2.76. The molecule has 2 heterocycles. The van der Waals surface area contributed by atoms with Crippen LogP contribution < -0.4 is 24.8 Å². The second-order valence-corrected chi connectivity index (χ2v) is 5.86. The van der Waals surface area contributed by atoms with Crippen LogP contribution >= 0.6 is 24.0 Å². The summed E-state index contributed by atoms with van der Waals surface area (Å²) in [5.74, 6) is 3.22. The lowest BCUT2D eigenvalue weighted by Crippen LogP contribution is -2.36. The van der Waals surface area contributed by atoms with Gasteiger partial charge in [0.15, 0.2) is 28.9 Å². The number of hydrogen-bond acceptors (Lipinski definition) is 6. The van der Waals surface area contributed by atoms with E-state index in [0.29, 0.717) is 36.3 Å². The fourth-order valence-corrected chi connectivity index (χ4v) is 2.82. The molecule has 0 aliphatic rings. The molecule has 0 bridgehead atoms. The highest BCUT2D eigenvalue weighted by atomic mass is 127. The van der Waals surface area contributed by atoms with Gasteiger partial charge < -0.3 is 24.8 Å². The zero-order chi connectivity index (χ0) is 19.9. The van der Waals surface area contributed by atoms with E-state index < -0.39 is 0 Å². The van der Waals surface area contributed by atoms with E-state index in [4.69, 9.17) is 14.2 Å². The number of halogens is 1. The number of nitrogens with one attached hydrogen (secondary N) is 2. The zero-order valence-electron chi connectivity index (χ0n) is 16.8. The summed E-state index contributed by atoms with van der Waals surface area (Å²) in [5.41, 5.74) is 1.77. The van der Waals surface area contributed by atoms with Crippen LogP contribution in [-0.4, -0.2) is 48.9 Å². The van der Waals surface area contributed by atoms with Crippen LogP contribution in [0.3, 0.4) is 0 Å². The van der Waals surface area contributed by atoms with Gasteiger partial charge in [-0.2, -0.15) is 0 Å². The van der Waals surface area contributed by atoms with Crippen LogP contribution in [0.4, 0.5) is 0 Å². The van der Waals surface area contributed by atoms with Crippen molar-refractivity contribution in [1.82, 2.24) is 25.2 Å². The third-order valence-electron chi connectivity index (χ3n) is 4.21. The van der Waals surface area contributed by atoms with Gasteiger partial charge in [-0.25, -0.2) is 0 Å².